The Morgan fingerprint density at radius 2 is 2.24 bits per heavy atom. The summed E-state index contributed by atoms with van der Waals surface area (Å²) in [5.74, 6) is 1.43. The van der Waals surface area contributed by atoms with Crippen LogP contribution in [0.2, 0.25) is 0 Å². The molecule has 6 heteroatoms. The average Bonchev–Trinajstić information content (AvgIpc) is 2.65. The standard InChI is InChI=1S/C19H23N3O3/c1-13-11-20-6-5-17(13)21-7-8-22-19(23)15-9-14-3-4-16(24-2)10-18(14)25-12-15/h3-6,10-11,15H,7-9,12H2,1-2H3,(H,20,21)(H,22,23)/t15-/m0/s1. The third-order valence-electron chi connectivity index (χ3n) is 4.31. The van der Waals surface area contributed by atoms with Crippen LogP contribution < -0.4 is 20.1 Å². The second-order valence-corrected chi connectivity index (χ2v) is 6.09. The Labute approximate surface area is 147 Å². The van der Waals surface area contributed by atoms with Crippen molar-refractivity contribution < 1.29 is 14.3 Å². The molecular formula is C19H23N3O3. The minimum Gasteiger partial charge on any atom is -0.497 e. The molecule has 0 saturated carbocycles. The molecule has 0 spiro atoms. The van der Waals surface area contributed by atoms with Crippen LogP contribution in [0.4, 0.5) is 5.69 Å². The summed E-state index contributed by atoms with van der Waals surface area (Å²) in [4.78, 5) is 16.4. The van der Waals surface area contributed by atoms with E-state index in [-0.39, 0.29) is 11.8 Å². The van der Waals surface area contributed by atoms with E-state index in [2.05, 4.69) is 15.6 Å². The molecule has 6 nitrogen and oxygen atoms in total. The molecule has 2 aromatic rings. The van der Waals surface area contributed by atoms with Crippen LogP contribution in [0.5, 0.6) is 11.5 Å². The van der Waals surface area contributed by atoms with Crippen LogP contribution in [0.3, 0.4) is 0 Å². The number of nitrogens with one attached hydrogen (secondary N) is 2. The van der Waals surface area contributed by atoms with E-state index < -0.39 is 0 Å². The van der Waals surface area contributed by atoms with Gasteiger partial charge in [-0.1, -0.05) is 6.07 Å². The number of nitrogens with zero attached hydrogens (tertiary/aromatic N) is 1. The van der Waals surface area contributed by atoms with E-state index >= 15 is 0 Å². The van der Waals surface area contributed by atoms with Crippen molar-refractivity contribution in [3.63, 3.8) is 0 Å². The number of hydrogen-bond donors (Lipinski definition) is 2. The third-order valence-corrected chi connectivity index (χ3v) is 4.31. The van der Waals surface area contributed by atoms with E-state index in [0.29, 0.717) is 26.1 Å². The van der Waals surface area contributed by atoms with Crippen LogP contribution in [0.1, 0.15) is 11.1 Å². The second-order valence-electron chi connectivity index (χ2n) is 6.09. The fourth-order valence-corrected chi connectivity index (χ4v) is 2.85. The minimum absolute atomic E-state index is 0.0229. The predicted molar refractivity (Wildman–Crippen MR) is 96.2 cm³/mol. The first kappa shape index (κ1) is 17.1. The largest absolute Gasteiger partial charge is 0.497 e. The number of ether oxygens (including phenoxy) is 2. The summed E-state index contributed by atoms with van der Waals surface area (Å²) in [7, 11) is 1.63. The summed E-state index contributed by atoms with van der Waals surface area (Å²) in [5, 5.41) is 6.27. The fraction of sp³-hybridized carbons (Fsp3) is 0.368. The first-order valence-electron chi connectivity index (χ1n) is 8.39. The van der Waals surface area contributed by atoms with Gasteiger partial charge in [-0.2, -0.15) is 0 Å². The van der Waals surface area contributed by atoms with Gasteiger partial charge in [-0.3, -0.25) is 9.78 Å². The van der Waals surface area contributed by atoms with Gasteiger partial charge >= 0.3 is 0 Å². The van der Waals surface area contributed by atoms with Crippen molar-refractivity contribution in [3.05, 3.63) is 47.8 Å². The number of methoxy groups -OCH3 is 1. The maximum absolute atomic E-state index is 12.4. The maximum Gasteiger partial charge on any atom is 0.226 e. The lowest BCUT2D eigenvalue weighted by Crippen LogP contribution is -2.39. The number of aromatic nitrogens is 1. The fourth-order valence-electron chi connectivity index (χ4n) is 2.85. The zero-order valence-corrected chi connectivity index (χ0v) is 14.5. The summed E-state index contributed by atoms with van der Waals surface area (Å²) in [6, 6.07) is 7.65. The van der Waals surface area contributed by atoms with Gasteiger partial charge in [0.25, 0.3) is 0 Å². The highest BCUT2D eigenvalue weighted by atomic mass is 16.5. The quantitative estimate of drug-likeness (QED) is 0.788. The van der Waals surface area contributed by atoms with Crippen molar-refractivity contribution >= 4 is 11.6 Å². The van der Waals surface area contributed by atoms with E-state index in [1.54, 1.807) is 13.3 Å². The molecule has 2 N–H and O–H groups in total. The molecule has 1 atom stereocenters. The number of aryl methyl sites for hydroxylation is 1. The minimum atomic E-state index is -0.163. The number of anilines is 1. The van der Waals surface area contributed by atoms with Gasteiger partial charge in [0, 0.05) is 37.2 Å². The van der Waals surface area contributed by atoms with E-state index in [9.17, 15) is 4.79 Å². The molecule has 25 heavy (non-hydrogen) atoms. The van der Waals surface area contributed by atoms with Crippen molar-refractivity contribution in [2.75, 3.05) is 32.1 Å². The lowest BCUT2D eigenvalue weighted by atomic mass is 9.96. The second kappa shape index (κ2) is 7.88. The first-order chi connectivity index (χ1) is 12.2. The zero-order valence-electron chi connectivity index (χ0n) is 14.5. The van der Waals surface area contributed by atoms with Crippen LogP contribution in [-0.4, -0.2) is 37.7 Å². The van der Waals surface area contributed by atoms with Crippen LogP contribution >= 0.6 is 0 Å². The maximum atomic E-state index is 12.4. The summed E-state index contributed by atoms with van der Waals surface area (Å²) in [6.07, 6.45) is 4.24. The van der Waals surface area contributed by atoms with Gasteiger partial charge in [0.05, 0.1) is 13.0 Å². The SMILES string of the molecule is COc1ccc2c(c1)OC[C@@H](C(=O)NCCNc1ccncc1C)C2. The van der Waals surface area contributed by atoms with Crippen LogP contribution in [0, 0.1) is 12.8 Å². The normalized spacial score (nSPS) is 15.7. The number of pyridine rings is 1. The number of carbonyl (C=O) groups is 1. The molecule has 0 fully saturated rings. The van der Waals surface area contributed by atoms with Gasteiger partial charge in [-0.15, -0.1) is 0 Å². The Hall–Kier alpha value is -2.76. The lowest BCUT2D eigenvalue weighted by Gasteiger charge is -2.25. The highest BCUT2D eigenvalue weighted by Crippen LogP contribution is 2.31. The van der Waals surface area contributed by atoms with E-state index in [4.69, 9.17) is 9.47 Å². The van der Waals surface area contributed by atoms with Crippen LogP contribution in [0.25, 0.3) is 0 Å². The smallest absolute Gasteiger partial charge is 0.226 e. The number of hydrogen-bond acceptors (Lipinski definition) is 5. The molecule has 3 rings (SSSR count). The van der Waals surface area contributed by atoms with Crippen molar-refractivity contribution in [1.29, 1.82) is 0 Å². The molecule has 132 valence electrons. The molecule has 1 aromatic heterocycles. The van der Waals surface area contributed by atoms with Gasteiger partial charge in [0.15, 0.2) is 0 Å². The molecule has 2 heterocycles. The van der Waals surface area contributed by atoms with E-state index in [1.807, 2.05) is 37.4 Å². The van der Waals surface area contributed by atoms with Gasteiger partial charge in [0.2, 0.25) is 5.91 Å². The molecular weight excluding hydrogens is 318 g/mol. The topological polar surface area (TPSA) is 72.5 Å². The molecule has 1 aliphatic heterocycles. The molecule has 0 bridgehead atoms. The number of rotatable bonds is 6. The molecule has 1 aromatic carbocycles. The lowest BCUT2D eigenvalue weighted by molar-refractivity contribution is -0.126. The Morgan fingerprint density at radius 3 is 3.04 bits per heavy atom. The highest BCUT2D eigenvalue weighted by molar-refractivity contribution is 5.79. The summed E-state index contributed by atoms with van der Waals surface area (Å²) in [5.41, 5.74) is 3.16. The zero-order chi connectivity index (χ0) is 17.6. The van der Waals surface area contributed by atoms with Gasteiger partial charge in [-0.25, -0.2) is 0 Å². The monoisotopic (exact) mass is 341 g/mol. The predicted octanol–water partition coefficient (Wildman–Crippen LogP) is 2.18. The molecule has 0 unspecified atom stereocenters. The molecule has 0 aliphatic carbocycles. The Morgan fingerprint density at radius 1 is 1.36 bits per heavy atom. The van der Waals surface area contributed by atoms with E-state index in [1.165, 1.54) is 0 Å². The third kappa shape index (κ3) is 4.21. The number of carbonyl (C=O) groups excluding carboxylic acids is 1. The first-order valence-corrected chi connectivity index (χ1v) is 8.39. The molecule has 1 aliphatic rings. The summed E-state index contributed by atoms with van der Waals surface area (Å²) in [6.45, 7) is 3.62. The highest BCUT2D eigenvalue weighted by Gasteiger charge is 2.26. The Balaban J connectivity index is 1.47. The molecule has 1 amide bonds. The van der Waals surface area contributed by atoms with Crippen LogP contribution in [-0.2, 0) is 11.2 Å². The molecule has 0 radical (unpaired) electrons. The van der Waals surface area contributed by atoms with Gasteiger partial charge < -0.3 is 20.1 Å². The number of benzene rings is 1. The average molecular weight is 341 g/mol. The van der Waals surface area contributed by atoms with Gasteiger partial charge in [0.1, 0.15) is 18.1 Å². The van der Waals surface area contributed by atoms with Crippen LogP contribution in [0.15, 0.2) is 36.7 Å². The number of amides is 1. The van der Waals surface area contributed by atoms with Gasteiger partial charge in [-0.05, 0) is 36.6 Å². The Bertz CT molecular complexity index is 748. The van der Waals surface area contributed by atoms with Crippen molar-refractivity contribution in [3.8, 4) is 11.5 Å². The number of fused-ring (bicyclic) bond motifs is 1. The summed E-state index contributed by atoms with van der Waals surface area (Å²) < 4.78 is 10.9. The van der Waals surface area contributed by atoms with Crippen molar-refractivity contribution in [1.82, 2.24) is 10.3 Å². The van der Waals surface area contributed by atoms with Crippen molar-refractivity contribution in [2.45, 2.75) is 13.3 Å². The summed E-state index contributed by atoms with van der Waals surface area (Å²) >= 11 is 0. The molecule has 0 saturated heterocycles. The van der Waals surface area contributed by atoms with E-state index in [0.717, 1.165) is 28.3 Å². The Kier molecular flexibility index (Phi) is 5.38. The van der Waals surface area contributed by atoms with Crippen molar-refractivity contribution in [2.24, 2.45) is 5.92 Å².